The lowest BCUT2D eigenvalue weighted by molar-refractivity contribution is -0.0543. The summed E-state index contributed by atoms with van der Waals surface area (Å²) in [4.78, 5) is 2.03. The molecule has 3 fully saturated rings. The Hall–Kier alpha value is -0.180. The predicted octanol–water partition coefficient (Wildman–Crippen LogP) is 1.63. The summed E-state index contributed by atoms with van der Waals surface area (Å²) in [6, 6.07) is 0.517. The lowest BCUT2D eigenvalue weighted by atomic mass is 9.91. The smallest absolute Gasteiger partial charge is 0.268 e. The highest BCUT2D eigenvalue weighted by Crippen LogP contribution is 2.67. The molecule has 3 rings (SSSR count). The fraction of sp³-hybridized carbons (Fsp3) is 1.00. The largest absolute Gasteiger partial charge is 0.289 e. The number of hydrogen-bond donors (Lipinski definition) is 0. The Morgan fingerprint density at radius 2 is 2.09 bits per heavy atom. The molecule has 3 heteroatoms. The van der Waals surface area contributed by atoms with Gasteiger partial charge in [0.1, 0.15) is 0 Å². The van der Waals surface area contributed by atoms with Crippen LogP contribution in [-0.2, 0) is 0 Å². The van der Waals surface area contributed by atoms with E-state index in [4.69, 9.17) is 0 Å². The van der Waals surface area contributed by atoms with E-state index in [-0.39, 0.29) is 6.42 Å². The molecule has 0 bridgehead atoms. The monoisotopic (exact) mass is 159 g/mol. The molecule has 1 spiro atoms. The minimum atomic E-state index is -2.34. The van der Waals surface area contributed by atoms with E-state index in [0.717, 1.165) is 25.8 Å². The standard InChI is InChI=1S/C8H11F2N/c9-8(10)5-7(8)4-6-2-1-3-11(6)7/h6H,1-5H2. The van der Waals surface area contributed by atoms with Crippen LogP contribution < -0.4 is 0 Å². The average Bonchev–Trinajstić information content (AvgIpc) is 2.33. The zero-order valence-corrected chi connectivity index (χ0v) is 6.32. The predicted molar refractivity (Wildman–Crippen MR) is 36.6 cm³/mol. The summed E-state index contributed by atoms with van der Waals surface area (Å²) in [7, 11) is 0. The fourth-order valence-corrected chi connectivity index (χ4v) is 2.86. The molecule has 11 heavy (non-hydrogen) atoms. The molecule has 0 aromatic rings. The lowest BCUT2D eigenvalue weighted by Crippen LogP contribution is -2.57. The third-order valence-electron chi connectivity index (χ3n) is 3.57. The molecule has 1 nitrogen and oxygen atoms in total. The topological polar surface area (TPSA) is 3.24 Å². The van der Waals surface area contributed by atoms with E-state index < -0.39 is 11.5 Å². The third-order valence-corrected chi connectivity index (χ3v) is 3.57. The van der Waals surface area contributed by atoms with E-state index in [1.807, 2.05) is 4.90 Å². The molecule has 1 saturated carbocycles. The SMILES string of the molecule is FC1(F)CC12CC1CCCN12. The van der Waals surface area contributed by atoms with Gasteiger partial charge < -0.3 is 0 Å². The van der Waals surface area contributed by atoms with Crippen LogP contribution in [0.5, 0.6) is 0 Å². The molecular weight excluding hydrogens is 148 g/mol. The van der Waals surface area contributed by atoms with Crippen molar-refractivity contribution in [1.29, 1.82) is 0 Å². The Kier molecular flexibility index (Phi) is 0.847. The van der Waals surface area contributed by atoms with Crippen molar-refractivity contribution in [2.24, 2.45) is 0 Å². The number of hydrogen-bond acceptors (Lipinski definition) is 1. The van der Waals surface area contributed by atoms with Crippen molar-refractivity contribution in [1.82, 2.24) is 4.90 Å². The zero-order valence-electron chi connectivity index (χ0n) is 6.32. The number of halogens is 2. The van der Waals surface area contributed by atoms with Crippen LogP contribution in [0.4, 0.5) is 8.78 Å². The van der Waals surface area contributed by atoms with Gasteiger partial charge in [-0.1, -0.05) is 0 Å². The van der Waals surface area contributed by atoms with Gasteiger partial charge in [0.2, 0.25) is 0 Å². The summed E-state index contributed by atoms with van der Waals surface area (Å²) >= 11 is 0. The van der Waals surface area contributed by atoms with Gasteiger partial charge in [0, 0.05) is 12.5 Å². The van der Waals surface area contributed by atoms with Crippen LogP contribution in [0.25, 0.3) is 0 Å². The normalized spacial score (nSPS) is 52.4. The van der Waals surface area contributed by atoms with E-state index in [9.17, 15) is 8.78 Å². The first-order valence-corrected chi connectivity index (χ1v) is 4.30. The van der Waals surface area contributed by atoms with Gasteiger partial charge in [-0.2, -0.15) is 0 Å². The maximum absolute atomic E-state index is 12.8. The zero-order chi connectivity index (χ0) is 7.69. The van der Waals surface area contributed by atoms with Crippen LogP contribution in [0.15, 0.2) is 0 Å². The van der Waals surface area contributed by atoms with E-state index in [1.165, 1.54) is 0 Å². The second-order valence-electron chi connectivity index (χ2n) is 4.11. The molecule has 0 N–H and O–H groups in total. The molecule has 2 unspecified atom stereocenters. The molecule has 62 valence electrons. The highest BCUT2D eigenvalue weighted by atomic mass is 19.3. The molecule has 2 heterocycles. The van der Waals surface area contributed by atoms with Crippen LogP contribution in [0.1, 0.15) is 25.7 Å². The number of fused-ring (bicyclic) bond motifs is 2. The molecule has 3 aliphatic rings. The van der Waals surface area contributed by atoms with Crippen LogP contribution in [0.3, 0.4) is 0 Å². The first kappa shape index (κ1) is 6.35. The van der Waals surface area contributed by atoms with E-state index in [1.54, 1.807) is 0 Å². The third kappa shape index (κ3) is 0.525. The molecule has 0 radical (unpaired) electrons. The van der Waals surface area contributed by atoms with Crippen molar-refractivity contribution in [3.8, 4) is 0 Å². The Morgan fingerprint density at radius 1 is 1.36 bits per heavy atom. The van der Waals surface area contributed by atoms with Crippen LogP contribution in [0, 0.1) is 0 Å². The van der Waals surface area contributed by atoms with E-state index in [0.29, 0.717) is 6.04 Å². The van der Waals surface area contributed by atoms with Crippen molar-refractivity contribution in [3.63, 3.8) is 0 Å². The van der Waals surface area contributed by atoms with E-state index >= 15 is 0 Å². The van der Waals surface area contributed by atoms with Gasteiger partial charge in [-0.3, -0.25) is 4.90 Å². The number of rotatable bonds is 0. The Bertz CT molecular complexity index is 216. The highest BCUT2D eigenvalue weighted by molar-refractivity contribution is 5.27. The molecular formula is C8H11F2N. The van der Waals surface area contributed by atoms with Gasteiger partial charge >= 0.3 is 0 Å². The molecule has 1 aliphatic carbocycles. The van der Waals surface area contributed by atoms with Crippen molar-refractivity contribution < 1.29 is 8.78 Å². The summed E-state index contributed by atoms with van der Waals surface area (Å²) in [5.41, 5.74) is -0.631. The van der Waals surface area contributed by atoms with Gasteiger partial charge in [-0.15, -0.1) is 0 Å². The molecule has 2 atom stereocenters. The second-order valence-corrected chi connectivity index (χ2v) is 4.11. The highest BCUT2D eigenvalue weighted by Gasteiger charge is 2.80. The average molecular weight is 159 g/mol. The minimum absolute atomic E-state index is 0.135. The first-order valence-electron chi connectivity index (χ1n) is 4.30. The Labute approximate surface area is 64.4 Å². The summed E-state index contributed by atoms with van der Waals surface area (Å²) in [5, 5.41) is 0. The van der Waals surface area contributed by atoms with Crippen molar-refractivity contribution in [3.05, 3.63) is 0 Å². The van der Waals surface area contributed by atoms with Crippen LogP contribution in [0.2, 0.25) is 0 Å². The summed E-state index contributed by atoms with van der Waals surface area (Å²) in [6.45, 7) is 0.917. The number of alkyl halides is 2. The van der Waals surface area contributed by atoms with Crippen molar-refractivity contribution in [2.45, 2.75) is 43.2 Å². The molecule has 2 aliphatic heterocycles. The maximum atomic E-state index is 12.8. The van der Waals surface area contributed by atoms with Crippen molar-refractivity contribution >= 4 is 0 Å². The van der Waals surface area contributed by atoms with Gasteiger partial charge in [0.05, 0.1) is 5.54 Å². The molecule has 0 aromatic carbocycles. The first-order chi connectivity index (χ1) is 5.16. The molecule has 0 amide bonds. The van der Waals surface area contributed by atoms with Crippen LogP contribution in [-0.4, -0.2) is 28.9 Å². The second kappa shape index (κ2) is 1.47. The quantitative estimate of drug-likeness (QED) is 0.519. The lowest BCUT2D eigenvalue weighted by Gasteiger charge is -2.45. The van der Waals surface area contributed by atoms with Gasteiger partial charge in [-0.05, 0) is 25.8 Å². The minimum Gasteiger partial charge on any atom is -0.289 e. The van der Waals surface area contributed by atoms with E-state index in [2.05, 4.69) is 0 Å². The summed E-state index contributed by atoms with van der Waals surface area (Å²) < 4.78 is 25.7. The van der Waals surface area contributed by atoms with Crippen molar-refractivity contribution in [2.75, 3.05) is 6.54 Å². The fourth-order valence-electron chi connectivity index (χ4n) is 2.86. The Balaban J connectivity index is 1.85. The molecule has 0 aromatic heterocycles. The molecule has 2 saturated heterocycles. The summed E-state index contributed by atoms with van der Waals surface area (Å²) in [5.74, 6) is -2.34. The summed E-state index contributed by atoms with van der Waals surface area (Å²) in [6.07, 6.45) is 3.18. The number of nitrogens with zero attached hydrogens (tertiary/aromatic N) is 1. The van der Waals surface area contributed by atoms with Crippen LogP contribution >= 0.6 is 0 Å². The van der Waals surface area contributed by atoms with Gasteiger partial charge in [0.15, 0.2) is 0 Å². The Morgan fingerprint density at radius 3 is 2.64 bits per heavy atom. The van der Waals surface area contributed by atoms with Gasteiger partial charge in [-0.25, -0.2) is 8.78 Å². The maximum Gasteiger partial charge on any atom is 0.268 e. The van der Waals surface area contributed by atoms with Gasteiger partial charge in [0.25, 0.3) is 5.92 Å².